The van der Waals surface area contributed by atoms with Crippen LogP contribution in [0.4, 0.5) is 0 Å². The molecule has 0 saturated carbocycles. The average molecular weight is 324 g/mol. The molecule has 0 radical (unpaired) electrons. The van der Waals surface area contributed by atoms with Gasteiger partial charge in [-0.05, 0) is 35.0 Å². The fourth-order valence-electron chi connectivity index (χ4n) is 1.07. The Hall–Kier alpha value is -0.160. The summed E-state index contributed by atoms with van der Waals surface area (Å²) in [5, 5.41) is 0.419. The van der Waals surface area contributed by atoms with Gasteiger partial charge in [0.05, 0.1) is 19.4 Å². The van der Waals surface area contributed by atoms with Crippen LogP contribution in [0.15, 0.2) is 16.6 Å². The number of hydrogen-bond donors (Lipinski definition) is 0. The van der Waals surface area contributed by atoms with Crippen LogP contribution in [0.1, 0.15) is 5.69 Å². The molecule has 15 heavy (non-hydrogen) atoms. The standard InChI is InChI=1S/C9H5BrCl2N2S/c1-4-7(10)8(12)14-9(13-4)5-2-3-6(11)15-5/h2-3H,1H3. The molecule has 0 amide bonds. The van der Waals surface area contributed by atoms with Gasteiger partial charge in [-0.1, -0.05) is 23.2 Å². The fraction of sp³-hybridized carbons (Fsp3) is 0.111. The van der Waals surface area contributed by atoms with Crippen molar-refractivity contribution >= 4 is 50.5 Å². The van der Waals surface area contributed by atoms with Crippen LogP contribution in [0, 0.1) is 6.92 Å². The Bertz CT molecular complexity index is 490. The molecule has 0 atom stereocenters. The summed E-state index contributed by atoms with van der Waals surface area (Å²) in [6.07, 6.45) is 0. The summed E-state index contributed by atoms with van der Waals surface area (Å²) >= 11 is 16.5. The molecule has 0 N–H and O–H groups in total. The molecule has 6 heteroatoms. The van der Waals surface area contributed by atoms with E-state index in [1.807, 2.05) is 19.1 Å². The molecule has 2 aromatic heterocycles. The van der Waals surface area contributed by atoms with E-state index in [0.717, 1.165) is 15.0 Å². The highest BCUT2D eigenvalue weighted by Crippen LogP contribution is 2.31. The van der Waals surface area contributed by atoms with Gasteiger partial charge in [0.1, 0.15) is 5.15 Å². The van der Waals surface area contributed by atoms with E-state index in [1.165, 1.54) is 11.3 Å². The molecule has 0 unspecified atom stereocenters. The number of thiophene rings is 1. The van der Waals surface area contributed by atoms with Crippen LogP contribution in [-0.4, -0.2) is 9.97 Å². The maximum atomic E-state index is 5.95. The van der Waals surface area contributed by atoms with Gasteiger partial charge in [0, 0.05) is 0 Å². The van der Waals surface area contributed by atoms with Gasteiger partial charge in [0.25, 0.3) is 0 Å². The lowest BCUT2D eigenvalue weighted by atomic mass is 10.4. The van der Waals surface area contributed by atoms with Crippen molar-refractivity contribution in [2.45, 2.75) is 6.92 Å². The monoisotopic (exact) mass is 322 g/mol. The molecule has 0 aromatic carbocycles. The van der Waals surface area contributed by atoms with Crippen LogP contribution in [0.5, 0.6) is 0 Å². The van der Waals surface area contributed by atoms with E-state index in [1.54, 1.807) is 0 Å². The molecule has 78 valence electrons. The molecule has 0 aliphatic carbocycles. The zero-order chi connectivity index (χ0) is 11.0. The molecule has 0 aliphatic heterocycles. The first-order chi connectivity index (χ1) is 7.08. The lowest BCUT2D eigenvalue weighted by molar-refractivity contribution is 1.10. The van der Waals surface area contributed by atoms with Crippen LogP contribution in [0.25, 0.3) is 10.7 Å². The zero-order valence-corrected chi connectivity index (χ0v) is 11.5. The average Bonchev–Trinajstić information content (AvgIpc) is 2.60. The van der Waals surface area contributed by atoms with E-state index in [4.69, 9.17) is 23.2 Å². The molecule has 0 aliphatic rings. The number of nitrogens with zero attached hydrogens (tertiary/aromatic N) is 2. The van der Waals surface area contributed by atoms with Gasteiger partial charge in [-0.15, -0.1) is 11.3 Å². The number of aromatic nitrogens is 2. The quantitative estimate of drug-likeness (QED) is 0.718. The lowest BCUT2D eigenvalue weighted by Crippen LogP contribution is -1.92. The molecule has 0 fully saturated rings. The van der Waals surface area contributed by atoms with Crippen molar-refractivity contribution in [3.05, 3.63) is 31.8 Å². The lowest BCUT2D eigenvalue weighted by Gasteiger charge is -2.02. The summed E-state index contributed by atoms with van der Waals surface area (Å²) in [5.41, 5.74) is 0.814. The van der Waals surface area contributed by atoms with Gasteiger partial charge in [-0.3, -0.25) is 0 Å². The summed E-state index contributed by atoms with van der Waals surface area (Å²) in [7, 11) is 0. The van der Waals surface area contributed by atoms with Crippen LogP contribution in [0.3, 0.4) is 0 Å². The molecular formula is C9H5BrCl2N2S. The van der Waals surface area contributed by atoms with Crippen molar-refractivity contribution < 1.29 is 0 Å². The smallest absolute Gasteiger partial charge is 0.171 e. The largest absolute Gasteiger partial charge is 0.231 e. The Morgan fingerprint density at radius 1 is 1.27 bits per heavy atom. The Labute approximate surface area is 109 Å². The van der Waals surface area contributed by atoms with Crippen molar-refractivity contribution in [3.63, 3.8) is 0 Å². The minimum Gasteiger partial charge on any atom is -0.231 e. The summed E-state index contributed by atoms with van der Waals surface area (Å²) < 4.78 is 1.45. The molecule has 0 spiro atoms. The third-order valence-electron chi connectivity index (χ3n) is 1.77. The van der Waals surface area contributed by atoms with Gasteiger partial charge in [-0.2, -0.15) is 0 Å². The van der Waals surface area contributed by atoms with Crippen LogP contribution >= 0.6 is 50.5 Å². The number of rotatable bonds is 1. The topological polar surface area (TPSA) is 25.8 Å². The van der Waals surface area contributed by atoms with E-state index >= 15 is 0 Å². The van der Waals surface area contributed by atoms with Crippen molar-refractivity contribution in [1.82, 2.24) is 9.97 Å². The second-order valence-electron chi connectivity index (χ2n) is 2.84. The van der Waals surface area contributed by atoms with Crippen molar-refractivity contribution in [2.24, 2.45) is 0 Å². The first-order valence-electron chi connectivity index (χ1n) is 4.03. The van der Waals surface area contributed by atoms with Gasteiger partial charge >= 0.3 is 0 Å². The highest BCUT2D eigenvalue weighted by atomic mass is 79.9. The van der Waals surface area contributed by atoms with Crippen molar-refractivity contribution in [1.29, 1.82) is 0 Å². The van der Waals surface area contributed by atoms with Crippen LogP contribution < -0.4 is 0 Å². The summed E-state index contributed by atoms with van der Waals surface area (Å²) in [5.74, 6) is 0.609. The van der Waals surface area contributed by atoms with Crippen molar-refractivity contribution in [2.75, 3.05) is 0 Å². The zero-order valence-electron chi connectivity index (χ0n) is 7.59. The highest BCUT2D eigenvalue weighted by molar-refractivity contribution is 9.10. The summed E-state index contributed by atoms with van der Waals surface area (Å²) in [4.78, 5) is 9.42. The maximum Gasteiger partial charge on any atom is 0.171 e. The van der Waals surface area contributed by atoms with Gasteiger partial charge in [0.2, 0.25) is 0 Å². The summed E-state index contributed by atoms with van der Waals surface area (Å²) in [6, 6.07) is 3.70. The van der Waals surface area contributed by atoms with Crippen LogP contribution in [0.2, 0.25) is 9.49 Å². The molecule has 2 nitrogen and oxygen atoms in total. The molecule has 2 aromatic rings. The molecule has 0 saturated heterocycles. The maximum absolute atomic E-state index is 5.95. The second-order valence-corrected chi connectivity index (χ2v) is 5.71. The minimum atomic E-state index is 0.419. The number of halogens is 3. The SMILES string of the molecule is Cc1nc(-c2ccc(Cl)s2)nc(Cl)c1Br. The molecular weight excluding hydrogens is 319 g/mol. The number of hydrogen-bond acceptors (Lipinski definition) is 3. The van der Waals surface area contributed by atoms with E-state index in [0.29, 0.717) is 15.3 Å². The van der Waals surface area contributed by atoms with Crippen LogP contribution in [-0.2, 0) is 0 Å². The summed E-state index contributed by atoms with van der Waals surface area (Å²) in [6.45, 7) is 1.87. The van der Waals surface area contributed by atoms with Crippen molar-refractivity contribution in [3.8, 4) is 10.7 Å². The van der Waals surface area contributed by atoms with Gasteiger partial charge in [-0.25, -0.2) is 9.97 Å². The van der Waals surface area contributed by atoms with Gasteiger partial charge in [0.15, 0.2) is 5.82 Å². The Balaban J connectivity index is 2.55. The highest BCUT2D eigenvalue weighted by Gasteiger charge is 2.10. The third-order valence-corrected chi connectivity index (χ3v) is 4.45. The first kappa shape index (κ1) is 11.3. The van der Waals surface area contributed by atoms with E-state index in [9.17, 15) is 0 Å². The fourth-order valence-corrected chi connectivity index (χ4v) is 2.44. The Morgan fingerprint density at radius 2 is 2.00 bits per heavy atom. The minimum absolute atomic E-state index is 0.419. The molecule has 2 rings (SSSR count). The Morgan fingerprint density at radius 3 is 2.53 bits per heavy atom. The van der Waals surface area contributed by atoms with Gasteiger partial charge < -0.3 is 0 Å². The predicted octanol–water partition coefficient (Wildman–Crippen LogP) is 4.58. The van der Waals surface area contributed by atoms with E-state index < -0.39 is 0 Å². The molecule has 0 bridgehead atoms. The Kier molecular flexibility index (Phi) is 3.30. The first-order valence-corrected chi connectivity index (χ1v) is 6.40. The van der Waals surface area contributed by atoms with E-state index in [2.05, 4.69) is 25.9 Å². The predicted molar refractivity (Wildman–Crippen MR) is 67.8 cm³/mol. The number of aryl methyl sites for hydroxylation is 1. The third kappa shape index (κ3) is 2.33. The second kappa shape index (κ2) is 4.37. The van der Waals surface area contributed by atoms with E-state index in [-0.39, 0.29) is 0 Å². The molecule has 2 heterocycles. The normalized spacial score (nSPS) is 10.7.